The highest BCUT2D eigenvalue weighted by atomic mass is 79.9. The molecule has 1 aromatic heterocycles. The second-order valence-electron chi connectivity index (χ2n) is 2.49. The third kappa shape index (κ3) is 2.30. The van der Waals surface area contributed by atoms with Gasteiger partial charge in [0.05, 0.1) is 18.9 Å². The van der Waals surface area contributed by atoms with E-state index in [0.717, 1.165) is 4.47 Å². The van der Waals surface area contributed by atoms with Crippen LogP contribution >= 0.6 is 15.9 Å². The van der Waals surface area contributed by atoms with Gasteiger partial charge in [0, 0.05) is 10.7 Å². The second kappa shape index (κ2) is 4.72. The van der Waals surface area contributed by atoms with Crippen molar-refractivity contribution < 1.29 is 9.53 Å². The number of esters is 1. The molecule has 0 spiro atoms. The largest absolute Gasteiger partial charge is 0.468 e. The van der Waals surface area contributed by atoms with Crippen LogP contribution in [0, 0.1) is 11.3 Å². The van der Waals surface area contributed by atoms with E-state index in [9.17, 15) is 4.79 Å². The van der Waals surface area contributed by atoms with Gasteiger partial charge in [-0.05, 0) is 28.1 Å². The van der Waals surface area contributed by atoms with Crippen LogP contribution < -0.4 is 0 Å². The molecule has 1 rings (SSSR count). The fraction of sp³-hybridized carbons (Fsp3) is 0.222. The Kier molecular flexibility index (Phi) is 3.60. The van der Waals surface area contributed by atoms with Crippen LogP contribution in [0.2, 0.25) is 0 Å². The first-order valence-corrected chi connectivity index (χ1v) is 4.57. The molecule has 0 aliphatic carbocycles. The topological polar surface area (TPSA) is 63.0 Å². The Labute approximate surface area is 89.6 Å². The number of carbonyl (C=O) groups is 1. The summed E-state index contributed by atoms with van der Waals surface area (Å²) in [4.78, 5) is 15.1. The fourth-order valence-electron chi connectivity index (χ4n) is 0.915. The number of nitrogens with zero attached hydrogens (tertiary/aromatic N) is 2. The van der Waals surface area contributed by atoms with E-state index >= 15 is 0 Å². The zero-order valence-corrected chi connectivity index (χ0v) is 8.98. The van der Waals surface area contributed by atoms with Crippen LogP contribution in [-0.4, -0.2) is 18.1 Å². The van der Waals surface area contributed by atoms with Crippen molar-refractivity contribution in [2.75, 3.05) is 7.11 Å². The van der Waals surface area contributed by atoms with E-state index in [1.165, 1.54) is 13.3 Å². The molecule has 0 aliphatic rings. The zero-order chi connectivity index (χ0) is 10.6. The maximum absolute atomic E-state index is 11.1. The van der Waals surface area contributed by atoms with Gasteiger partial charge < -0.3 is 4.74 Å². The number of hydrogen-bond acceptors (Lipinski definition) is 4. The molecule has 1 aromatic rings. The average molecular weight is 255 g/mol. The van der Waals surface area contributed by atoms with Gasteiger partial charge in [-0.1, -0.05) is 0 Å². The predicted octanol–water partition coefficient (Wildman–Crippen LogP) is 1.62. The van der Waals surface area contributed by atoms with Gasteiger partial charge in [-0.2, -0.15) is 5.26 Å². The summed E-state index contributed by atoms with van der Waals surface area (Å²) < 4.78 is 5.27. The number of hydrogen-bond donors (Lipinski definition) is 0. The Balaban J connectivity index is 2.97. The number of ether oxygens (including phenoxy) is 1. The molecule has 0 fully saturated rings. The van der Waals surface area contributed by atoms with Crippen molar-refractivity contribution in [3.8, 4) is 6.07 Å². The van der Waals surface area contributed by atoms with Crippen LogP contribution in [0.1, 0.15) is 11.6 Å². The third-order valence-corrected chi connectivity index (χ3v) is 2.08. The first kappa shape index (κ1) is 10.7. The first-order valence-electron chi connectivity index (χ1n) is 3.78. The molecule has 1 heterocycles. The molecule has 0 radical (unpaired) electrons. The zero-order valence-electron chi connectivity index (χ0n) is 7.40. The molecule has 5 heteroatoms. The lowest BCUT2D eigenvalue weighted by Crippen LogP contribution is -2.13. The third-order valence-electron chi connectivity index (χ3n) is 1.61. The van der Waals surface area contributed by atoms with E-state index in [-0.39, 0.29) is 0 Å². The molecule has 0 saturated heterocycles. The van der Waals surface area contributed by atoms with Crippen molar-refractivity contribution in [2.45, 2.75) is 5.92 Å². The standard InChI is InChI=1S/C9H7BrN2O2/c1-14-9(13)7(4-11)8-3-2-6(10)5-12-8/h2-3,5,7H,1H3. The highest BCUT2D eigenvalue weighted by Gasteiger charge is 2.21. The lowest BCUT2D eigenvalue weighted by atomic mass is 10.1. The summed E-state index contributed by atoms with van der Waals surface area (Å²) in [5.74, 6) is -1.55. The van der Waals surface area contributed by atoms with Crippen LogP contribution in [0.3, 0.4) is 0 Å². The minimum absolute atomic E-state index is 0.391. The summed E-state index contributed by atoms with van der Waals surface area (Å²) in [5, 5.41) is 8.75. The molecule has 0 aliphatic heterocycles. The Bertz CT molecular complexity index is 369. The van der Waals surface area contributed by atoms with Crippen molar-refractivity contribution in [2.24, 2.45) is 0 Å². The van der Waals surface area contributed by atoms with Crippen LogP contribution in [0.25, 0.3) is 0 Å². The van der Waals surface area contributed by atoms with Gasteiger partial charge >= 0.3 is 5.97 Å². The molecule has 0 saturated carbocycles. The van der Waals surface area contributed by atoms with Gasteiger partial charge in [-0.3, -0.25) is 9.78 Å². The highest BCUT2D eigenvalue weighted by Crippen LogP contribution is 2.16. The van der Waals surface area contributed by atoms with Crippen molar-refractivity contribution in [3.63, 3.8) is 0 Å². The number of pyridine rings is 1. The van der Waals surface area contributed by atoms with Crippen LogP contribution in [0.5, 0.6) is 0 Å². The maximum Gasteiger partial charge on any atom is 0.329 e. The summed E-state index contributed by atoms with van der Waals surface area (Å²) in [7, 11) is 1.24. The SMILES string of the molecule is COC(=O)C(C#N)c1ccc(Br)cn1. The number of carbonyl (C=O) groups excluding carboxylic acids is 1. The van der Waals surface area contributed by atoms with Gasteiger partial charge in [0.1, 0.15) is 0 Å². The van der Waals surface area contributed by atoms with Crippen LogP contribution in [0.15, 0.2) is 22.8 Å². The fourth-order valence-corrected chi connectivity index (χ4v) is 1.15. The average Bonchev–Trinajstić information content (AvgIpc) is 2.21. The van der Waals surface area contributed by atoms with E-state index in [1.54, 1.807) is 12.1 Å². The molecular weight excluding hydrogens is 248 g/mol. The summed E-state index contributed by atoms with van der Waals surface area (Å²) >= 11 is 3.21. The quantitative estimate of drug-likeness (QED) is 0.753. The first-order chi connectivity index (χ1) is 6.69. The lowest BCUT2D eigenvalue weighted by molar-refractivity contribution is -0.141. The lowest BCUT2D eigenvalue weighted by Gasteiger charge is -2.05. The van der Waals surface area contributed by atoms with Crippen molar-refractivity contribution in [1.82, 2.24) is 4.98 Å². The molecule has 0 N–H and O–H groups in total. The van der Waals surface area contributed by atoms with E-state index in [1.807, 2.05) is 6.07 Å². The van der Waals surface area contributed by atoms with E-state index < -0.39 is 11.9 Å². The van der Waals surface area contributed by atoms with Gasteiger partial charge in [-0.25, -0.2) is 0 Å². The predicted molar refractivity (Wildman–Crippen MR) is 52.3 cm³/mol. The van der Waals surface area contributed by atoms with Crippen molar-refractivity contribution in [1.29, 1.82) is 5.26 Å². The van der Waals surface area contributed by atoms with Crippen LogP contribution in [0.4, 0.5) is 0 Å². The molecule has 72 valence electrons. The Hall–Kier alpha value is -1.41. The van der Waals surface area contributed by atoms with Gasteiger partial charge in [0.15, 0.2) is 5.92 Å². The molecule has 14 heavy (non-hydrogen) atoms. The van der Waals surface area contributed by atoms with Gasteiger partial charge in [0.2, 0.25) is 0 Å². The number of halogens is 1. The van der Waals surface area contributed by atoms with Crippen molar-refractivity contribution in [3.05, 3.63) is 28.5 Å². The summed E-state index contributed by atoms with van der Waals surface area (Å²) in [6, 6.07) is 5.16. The highest BCUT2D eigenvalue weighted by molar-refractivity contribution is 9.10. The normalized spacial score (nSPS) is 11.5. The Morgan fingerprint density at radius 1 is 1.71 bits per heavy atom. The molecule has 0 aromatic carbocycles. The van der Waals surface area contributed by atoms with E-state index in [2.05, 4.69) is 25.7 Å². The molecular formula is C9H7BrN2O2. The minimum Gasteiger partial charge on any atom is -0.468 e. The Morgan fingerprint density at radius 2 is 2.43 bits per heavy atom. The summed E-state index contributed by atoms with van der Waals surface area (Å²) in [6.45, 7) is 0. The smallest absolute Gasteiger partial charge is 0.329 e. The van der Waals surface area contributed by atoms with Gasteiger partial charge in [-0.15, -0.1) is 0 Å². The molecule has 4 nitrogen and oxygen atoms in total. The van der Waals surface area contributed by atoms with Crippen molar-refractivity contribution >= 4 is 21.9 Å². The number of methoxy groups -OCH3 is 1. The molecule has 1 atom stereocenters. The van der Waals surface area contributed by atoms with Gasteiger partial charge in [0.25, 0.3) is 0 Å². The van der Waals surface area contributed by atoms with Crippen LogP contribution in [-0.2, 0) is 9.53 Å². The molecule has 0 amide bonds. The number of rotatable bonds is 2. The second-order valence-corrected chi connectivity index (χ2v) is 3.40. The summed E-state index contributed by atoms with van der Waals surface area (Å²) in [6.07, 6.45) is 1.53. The molecule has 0 bridgehead atoms. The maximum atomic E-state index is 11.1. The van der Waals surface area contributed by atoms with E-state index in [4.69, 9.17) is 5.26 Å². The molecule has 1 unspecified atom stereocenters. The minimum atomic E-state index is -0.951. The Morgan fingerprint density at radius 3 is 2.86 bits per heavy atom. The van der Waals surface area contributed by atoms with E-state index in [0.29, 0.717) is 5.69 Å². The summed E-state index contributed by atoms with van der Waals surface area (Å²) in [5.41, 5.74) is 0.391. The number of nitriles is 1. The monoisotopic (exact) mass is 254 g/mol. The number of aromatic nitrogens is 1.